The lowest BCUT2D eigenvalue weighted by molar-refractivity contribution is 0.0724. The van der Waals surface area contributed by atoms with E-state index < -0.39 is 11.1 Å². The molecule has 1 aliphatic rings. The Morgan fingerprint density at radius 2 is 1.50 bits per heavy atom. The second-order valence-electron chi connectivity index (χ2n) is 7.29. The molecule has 0 spiro atoms. The number of piperidine rings is 1. The van der Waals surface area contributed by atoms with Crippen LogP contribution in [0.1, 0.15) is 35.2 Å². The molecule has 144 valence electrons. The van der Waals surface area contributed by atoms with Crippen LogP contribution in [0.2, 0.25) is 0 Å². The Morgan fingerprint density at radius 3 is 2.18 bits per heavy atom. The van der Waals surface area contributed by atoms with Crippen molar-refractivity contribution in [2.45, 2.75) is 25.8 Å². The molecule has 0 aliphatic carbocycles. The molecule has 3 aromatic rings. The minimum absolute atomic E-state index is 0.0578. The van der Waals surface area contributed by atoms with Crippen molar-refractivity contribution in [3.8, 4) is 0 Å². The van der Waals surface area contributed by atoms with Gasteiger partial charge >= 0.3 is 11.1 Å². The predicted octanol–water partition coefficient (Wildman–Crippen LogP) is 2.37. The van der Waals surface area contributed by atoms with Crippen molar-refractivity contribution in [2.75, 3.05) is 13.1 Å². The fourth-order valence-corrected chi connectivity index (χ4v) is 3.83. The molecular weight excluding hydrogens is 354 g/mol. The van der Waals surface area contributed by atoms with Gasteiger partial charge in [-0.15, -0.1) is 0 Å². The van der Waals surface area contributed by atoms with E-state index in [0.29, 0.717) is 16.6 Å². The third-order valence-corrected chi connectivity index (χ3v) is 5.45. The number of nitrogens with zero attached hydrogens (tertiary/aromatic N) is 3. The van der Waals surface area contributed by atoms with Gasteiger partial charge in [0.2, 0.25) is 0 Å². The van der Waals surface area contributed by atoms with E-state index in [1.807, 2.05) is 41.3 Å². The van der Waals surface area contributed by atoms with Crippen LogP contribution in [0.4, 0.5) is 0 Å². The van der Waals surface area contributed by atoms with Crippen molar-refractivity contribution in [2.24, 2.45) is 7.05 Å². The first-order valence-corrected chi connectivity index (χ1v) is 9.63. The van der Waals surface area contributed by atoms with E-state index in [0.717, 1.165) is 31.5 Å². The van der Waals surface area contributed by atoms with Gasteiger partial charge in [-0.05, 0) is 49.1 Å². The number of para-hydroxylation sites is 2. The van der Waals surface area contributed by atoms with Crippen molar-refractivity contribution in [3.05, 3.63) is 80.4 Å². The van der Waals surface area contributed by atoms with Gasteiger partial charge in [-0.2, -0.15) is 0 Å². The molecule has 0 atom stereocenters. The highest BCUT2D eigenvalue weighted by Crippen LogP contribution is 2.15. The van der Waals surface area contributed by atoms with E-state index in [-0.39, 0.29) is 12.5 Å². The smallest absolute Gasteiger partial charge is 0.317 e. The second-order valence-corrected chi connectivity index (χ2v) is 7.29. The van der Waals surface area contributed by atoms with Crippen LogP contribution in [-0.4, -0.2) is 33.0 Å². The average Bonchev–Trinajstić information content (AvgIpc) is 2.76. The summed E-state index contributed by atoms with van der Waals surface area (Å²) in [6, 6.07) is 14.7. The van der Waals surface area contributed by atoms with Crippen LogP contribution in [0.25, 0.3) is 11.0 Å². The normalized spacial score (nSPS) is 14.4. The van der Waals surface area contributed by atoms with Crippen LogP contribution >= 0.6 is 0 Å². The number of amides is 1. The summed E-state index contributed by atoms with van der Waals surface area (Å²) in [5.41, 5.74) is 1.86. The van der Waals surface area contributed by atoms with Gasteiger partial charge in [0.1, 0.15) is 0 Å². The van der Waals surface area contributed by atoms with Crippen LogP contribution in [0.5, 0.6) is 0 Å². The highest BCUT2D eigenvalue weighted by molar-refractivity contribution is 5.94. The van der Waals surface area contributed by atoms with Gasteiger partial charge in [0, 0.05) is 25.7 Å². The molecule has 2 aromatic carbocycles. The largest absolute Gasteiger partial charge is 0.339 e. The molecule has 6 heteroatoms. The highest BCUT2D eigenvalue weighted by atomic mass is 16.2. The number of carbonyl (C=O) groups is 1. The maximum absolute atomic E-state index is 12.6. The molecule has 1 aliphatic heterocycles. The Hall–Kier alpha value is -3.15. The summed E-state index contributed by atoms with van der Waals surface area (Å²) in [5, 5.41) is 0. The molecule has 4 rings (SSSR count). The van der Waals surface area contributed by atoms with Gasteiger partial charge < -0.3 is 9.47 Å². The zero-order valence-electron chi connectivity index (χ0n) is 15.9. The van der Waals surface area contributed by atoms with E-state index in [1.165, 1.54) is 15.6 Å². The number of fused-ring (bicyclic) bond motifs is 1. The second kappa shape index (κ2) is 7.46. The van der Waals surface area contributed by atoms with Gasteiger partial charge in [0.25, 0.3) is 5.91 Å². The Labute approximate surface area is 162 Å². The summed E-state index contributed by atoms with van der Waals surface area (Å²) in [6.45, 7) is 1.91. The summed E-state index contributed by atoms with van der Waals surface area (Å²) in [7, 11) is 1.61. The van der Waals surface area contributed by atoms with Crippen molar-refractivity contribution in [1.29, 1.82) is 0 Å². The Balaban J connectivity index is 1.64. The standard InChI is InChI=1S/C22H23N3O3/c1-23-18-7-3-4-8-19(18)25(22(28)21(23)27)15-16-9-11-17(12-10-16)20(26)24-13-5-2-6-14-24/h3-4,7-12H,2,5-6,13-15H2,1H3. The number of rotatable bonds is 3. The molecule has 0 radical (unpaired) electrons. The third kappa shape index (κ3) is 3.26. The van der Waals surface area contributed by atoms with E-state index in [2.05, 4.69) is 0 Å². The summed E-state index contributed by atoms with van der Waals surface area (Å²) >= 11 is 0. The lowest BCUT2D eigenvalue weighted by atomic mass is 10.1. The number of carbonyl (C=O) groups excluding carboxylic acids is 1. The van der Waals surface area contributed by atoms with Gasteiger partial charge in [0.15, 0.2) is 0 Å². The predicted molar refractivity (Wildman–Crippen MR) is 109 cm³/mol. The lowest BCUT2D eigenvalue weighted by Crippen LogP contribution is -2.40. The number of hydrogen-bond acceptors (Lipinski definition) is 3. The molecular formula is C22H23N3O3. The van der Waals surface area contributed by atoms with E-state index >= 15 is 0 Å². The molecule has 1 fully saturated rings. The molecule has 1 aromatic heterocycles. The maximum Gasteiger partial charge on any atom is 0.317 e. The zero-order chi connectivity index (χ0) is 19.7. The first-order chi connectivity index (χ1) is 13.6. The SMILES string of the molecule is Cn1c(=O)c(=O)n(Cc2ccc(C(=O)N3CCCCC3)cc2)c2ccccc21. The van der Waals surface area contributed by atoms with Crippen molar-refractivity contribution >= 4 is 16.9 Å². The minimum Gasteiger partial charge on any atom is -0.339 e. The number of likely N-dealkylation sites (tertiary alicyclic amines) is 1. The van der Waals surface area contributed by atoms with Gasteiger partial charge in [-0.3, -0.25) is 19.0 Å². The molecule has 1 amide bonds. The van der Waals surface area contributed by atoms with E-state index in [1.54, 1.807) is 19.2 Å². The Bertz CT molecular complexity index is 1140. The van der Waals surface area contributed by atoms with E-state index in [9.17, 15) is 14.4 Å². The van der Waals surface area contributed by atoms with Crippen LogP contribution < -0.4 is 11.1 Å². The van der Waals surface area contributed by atoms with Crippen molar-refractivity contribution in [3.63, 3.8) is 0 Å². The molecule has 0 saturated carbocycles. The van der Waals surface area contributed by atoms with Gasteiger partial charge in [0.05, 0.1) is 17.6 Å². The summed E-state index contributed by atoms with van der Waals surface area (Å²) in [6.07, 6.45) is 3.30. The molecule has 2 heterocycles. The van der Waals surface area contributed by atoms with Crippen molar-refractivity contribution in [1.82, 2.24) is 14.0 Å². The molecule has 1 saturated heterocycles. The Kier molecular flexibility index (Phi) is 4.86. The van der Waals surface area contributed by atoms with Crippen LogP contribution in [-0.2, 0) is 13.6 Å². The number of benzene rings is 2. The number of aryl methyl sites for hydroxylation is 1. The van der Waals surface area contributed by atoms with Crippen molar-refractivity contribution < 1.29 is 4.79 Å². The van der Waals surface area contributed by atoms with Crippen LogP contribution in [0.3, 0.4) is 0 Å². The monoisotopic (exact) mass is 377 g/mol. The third-order valence-electron chi connectivity index (χ3n) is 5.45. The van der Waals surface area contributed by atoms with Gasteiger partial charge in [-0.25, -0.2) is 0 Å². The number of aromatic nitrogens is 2. The van der Waals surface area contributed by atoms with E-state index in [4.69, 9.17) is 0 Å². The summed E-state index contributed by atoms with van der Waals surface area (Å²) < 4.78 is 2.88. The van der Waals surface area contributed by atoms with Crippen LogP contribution in [0.15, 0.2) is 58.1 Å². The molecule has 28 heavy (non-hydrogen) atoms. The fourth-order valence-electron chi connectivity index (χ4n) is 3.83. The number of hydrogen-bond donors (Lipinski definition) is 0. The molecule has 6 nitrogen and oxygen atoms in total. The average molecular weight is 377 g/mol. The van der Waals surface area contributed by atoms with Gasteiger partial charge in [-0.1, -0.05) is 24.3 Å². The Morgan fingerprint density at radius 1 is 0.857 bits per heavy atom. The molecule has 0 N–H and O–H groups in total. The topological polar surface area (TPSA) is 64.3 Å². The first-order valence-electron chi connectivity index (χ1n) is 9.63. The molecule has 0 unspecified atom stereocenters. The fraction of sp³-hybridized carbons (Fsp3) is 0.318. The quantitative estimate of drug-likeness (QED) is 0.659. The first kappa shape index (κ1) is 18.2. The molecule has 0 bridgehead atoms. The maximum atomic E-state index is 12.6. The van der Waals surface area contributed by atoms with Crippen LogP contribution in [0, 0.1) is 0 Å². The summed E-state index contributed by atoms with van der Waals surface area (Å²) in [5.74, 6) is 0.0578. The zero-order valence-corrected chi connectivity index (χ0v) is 15.9. The minimum atomic E-state index is -0.547. The lowest BCUT2D eigenvalue weighted by Gasteiger charge is -2.26. The summed E-state index contributed by atoms with van der Waals surface area (Å²) in [4.78, 5) is 39.4. The highest BCUT2D eigenvalue weighted by Gasteiger charge is 2.18.